The first-order chi connectivity index (χ1) is 14.9. The molecule has 2 aromatic rings. The van der Waals surface area contributed by atoms with E-state index in [1.54, 1.807) is 38.5 Å². The summed E-state index contributed by atoms with van der Waals surface area (Å²) < 4.78 is 30.9. The van der Waals surface area contributed by atoms with E-state index in [9.17, 15) is 9.18 Å². The normalized spacial score (nSPS) is 17.8. The van der Waals surface area contributed by atoms with Crippen molar-refractivity contribution >= 4 is 17.5 Å². The molecule has 0 spiro atoms. The van der Waals surface area contributed by atoms with Gasteiger partial charge in [-0.05, 0) is 36.8 Å². The van der Waals surface area contributed by atoms with Gasteiger partial charge in [0.15, 0.2) is 11.5 Å². The van der Waals surface area contributed by atoms with Gasteiger partial charge in [-0.1, -0.05) is 23.7 Å². The van der Waals surface area contributed by atoms with Gasteiger partial charge in [0.2, 0.25) is 5.91 Å². The van der Waals surface area contributed by atoms with E-state index in [1.165, 1.54) is 6.07 Å². The van der Waals surface area contributed by atoms with Crippen molar-refractivity contribution in [1.29, 1.82) is 0 Å². The summed E-state index contributed by atoms with van der Waals surface area (Å²) in [6.07, 6.45) is 0.182. The van der Waals surface area contributed by atoms with Crippen molar-refractivity contribution in [2.45, 2.75) is 25.5 Å². The summed E-state index contributed by atoms with van der Waals surface area (Å²) in [6.45, 7) is 4.01. The molecule has 2 aromatic carbocycles. The van der Waals surface area contributed by atoms with Crippen LogP contribution in [-0.2, 0) is 16.0 Å². The van der Waals surface area contributed by atoms with Crippen molar-refractivity contribution in [3.8, 4) is 11.5 Å². The number of benzene rings is 2. The number of methoxy groups -OCH3 is 2. The zero-order valence-electron chi connectivity index (χ0n) is 18.0. The molecule has 1 fully saturated rings. The van der Waals surface area contributed by atoms with Gasteiger partial charge >= 0.3 is 0 Å². The highest BCUT2D eigenvalue weighted by atomic mass is 35.5. The molecule has 1 N–H and O–H groups in total. The highest BCUT2D eigenvalue weighted by Crippen LogP contribution is 2.31. The Hall–Kier alpha value is -2.35. The van der Waals surface area contributed by atoms with E-state index in [4.69, 9.17) is 25.8 Å². The summed E-state index contributed by atoms with van der Waals surface area (Å²) in [5.74, 6) is 0.602. The maximum absolute atomic E-state index is 14.7. The molecule has 0 saturated carbocycles. The highest BCUT2D eigenvalue weighted by Gasteiger charge is 2.29. The second kappa shape index (κ2) is 10.8. The van der Waals surface area contributed by atoms with Gasteiger partial charge in [0.25, 0.3) is 0 Å². The summed E-state index contributed by atoms with van der Waals surface area (Å²) >= 11 is 6.35. The SMILES string of the molecule is COc1ccc(CC(=O)NCC(c2c(F)cccc2Cl)N2CCOC(C)C2)cc1OC. The molecule has 0 radical (unpaired) electrons. The van der Waals surface area contributed by atoms with Crippen LogP contribution in [0.1, 0.15) is 24.1 Å². The van der Waals surface area contributed by atoms with Gasteiger partial charge in [0.1, 0.15) is 5.82 Å². The van der Waals surface area contributed by atoms with Crippen LogP contribution >= 0.6 is 11.6 Å². The number of rotatable bonds is 8. The lowest BCUT2D eigenvalue weighted by Gasteiger charge is -2.38. The van der Waals surface area contributed by atoms with Crippen LogP contribution in [0.2, 0.25) is 5.02 Å². The zero-order valence-corrected chi connectivity index (χ0v) is 18.7. The second-order valence-electron chi connectivity index (χ2n) is 7.50. The Kier molecular flexibility index (Phi) is 8.12. The summed E-state index contributed by atoms with van der Waals surface area (Å²) in [6, 6.07) is 9.60. The maximum Gasteiger partial charge on any atom is 0.224 e. The molecule has 31 heavy (non-hydrogen) atoms. The molecule has 1 aliphatic heterocycles. The smallest absolute Gasteiger partial charge is 0.224 e. The van der Waals surface area contributed by atoms with Crippen LogP contribution in [0.25, 0.3) is 0 Å². The van der Waals surface area contributed by atoms with E-state index in [0.717, 1.165) is 5.56 Å². The van der Waals surface area contributed by atoms with E-state index >= 15 is 0 Å². The molecule has 168 valence electrons. The van der Waals surface area contributed by atoms with E-state index in [-0.39, 0.29) is 30.8 Å². The zero-order chi connectivity index (χ0) is 22.4. The number of halogens is 2. The fraction of sp³-hybridized carbons (Fsp3) is 0.435. The van der Waals surface area contributed by atoms with E-state index in [2.05, 4.69) is 10.2 Å². The van der Waals surface area contributed by atoms with E-state index in [0.29, 0.717) is 41.8 Å². The van der Waals surface area contributed by atoms with Crippen molar-refractivity contribution in [1.82, 2.24) is 10.2 Å². The van der Waals surface area contributed by atoms with Crippen molar-refractivity contribution in [2.75, 3.05) is 40.5 Å². The maximum atomic E-state index is 14.7. The third-order valence-corrected chi connectivity index (χ3v) is 5.68. The number of carbonyl (C=O) groups is 1. The average molecular weight is 451 g/mol. The number of morpholine rings is 1. The largest absolute Gasteiger partial charge is 0.493 e. The summed E-state index contributed by atoms with van der Waals surface area (Å²) in [7, 11) is 3.11. The Labute approximate surface area is 187 Å². The minimum Gasteiger partial charge on any atom is -0.493 e. The van der Waals surface area contributed by atoms with Crippen molar-refractivity contribution < 1.29 is 23.4 Å². The van der Waals surface area contributed by atoms with Crippen LogP contribution in [0, 0.1) is 5.82 Å². The Morgan fingerprint density at radius 2 is 2.06 bits per heavy atom. The first-order valence-corrected chi connectivity index (χ1v) is 10.6. The van der Waals surface area contributed by atoms with Gasteiger partial charge in [-0.25, -0.2) is 4.39 Å². The summed E-state index contributed by atoms with van der Waals surface area (Å²) in [5, 5.41) is 3.29. The number of hydrogen-bond acceptors (Lipinski definition) is 5. The molecule has 1 heterocycles. The van der Waals surface area contributed by atoms with Crippen LogP contribution in [0.4, 0.5) is 4.39 Å². The first kappa shape index (κ1) is 23.3. The van der Waals surface area contributed by atoms with Crippen molar-refractivity contribution in [2.24, 2.45) is 0 Å². The number of amides is 1. The molecule has 1 amide bonds. The van der Waals surface area contributed by atoms with Gasteiger partial charge in [-0.15, -0.1) is 0 Å². The predicted octanol–water partition coefficient (Wildman–Crippen LogP) is 3.62. The van der Waals surface area contributed by atoms with Gasteiger partial charge in [0.05, 0.1) is 39.4 Å². The van der Waals surface area contributed by atoms with E-state index < -0.39 is 6.04 Å². The lowest BCUT2D eigenvalue weighted by atomic mass is 10.0. The molecular weight excluding hydrogens is 423 g/mol. The Bertz CT molecular complexity index is 891. The predicted molar refractivity (Wildman–Crippen MR) is 117 cm³/mol. The van der Waals surface area contributed by atoms with E-state index in [1.807, 2.05) is 13.0 Å². The first-order valence-electron chi connectivity index (χ1n) is 10.2. The van der Waals surface area contributed by atoms with Crippen molar-refractivity contribution in [3.05, 3.63) is 58.4 Å². The number of nitrogens with one attached hydrogen (secondary N) is 1. The lowest BCUT2D eigenvalue weighted by molar-refractivity contribution is -0.120. The number of nitrogens with zero attached hydrogens (tertiary/aromatic N) is 1. The molecule has 8 heteroatoms. The van der Waals surface area contributed by atoms with Crippen LogP contribution in [0.15, 0.2) is 36.4 Å². The molecule has 0 aromatic heterocycles. The lowest BCUT2D eigenvalue weighted by Crippen LogP contribution is -2.47. The van der Waals surface area contributed by atoms with Crippen LogP contribution < -0.4 is 14.8 Å². The van der Waals surface area contributed by atoms with Crippen LogP contribution in [0.3, 0.4) is 0 Å². The molecule has 1 aliphatic rings. The van der Waals surface area contributed by atoms with Crippen LogP contribution in [-0.4, -0.2) is 57.4 Å². The third kappa shape index (κ3) is 5.87. The minimum atomic E-state index is -0.394. The molecule has 2 atom stereocenters. The Morgan fingerprint density at radius 1 is 1.29 bits per heavy atom. The quantitative estimate of drug-likeness (QED) is 0.665. The van der Waals surface area contributed by atoms with Gasteiger partial charge in [0, 0.05) is 30.2 Å². The third-order valence-electron chi connectivity index (χ3n) is 5.35. The van der Waals surface area contributed by atoms with Gasteiger partial charge in [-0.2, -0.15) is 0 Å². The Morgan fingerprint density at radius 3 is 2.74 bits per heavy atom. The second-order valence-corrected chi connectivity index (χ2v) is 7.90. The minimum absolute atomic E-state index is 0.0178. The molecular formula is C23H28ClFN2O4. The Balaban J connectivity index is 1.73. The topological polar surface area (TPSA) is 60.0 Å². The number of carbonyl (C=O) groups excluding carboxylic acids is 1. The molecule has 0 bridgehead atoms. The standard InChI is InChI=1S/C23H28ClFN2O4/c1-15-14-27(9-10-31-15)19(23-17(24)5-4-6-18(23)25)13-26-22(28)12-16-7-8-20(29-2)21(11-16)30-3/h4-8,11,15,19H,9-10,12-14H2,1-3H3,(H,26,28). The van der Waals surface area contributed by atoms with Gasteiger partial charge < -0.3 is 19.5 Å². The molecule has 6 nitrogen and oxygen atoms in total. The number of hydrogen-bond donors (Lipinski definition) is 1. The summed E-state index contributed by atoms with van der Waals surface area (Å²) in [4.78, 5) is 14.8. The number of ether oxygens (including phenoxy) is 3. The average Bonchev–Trinajstić information content (AvgIpc) is 2.75. The molecule has 3 rings (SSSR count). The van der Waals surface area contributed by atoms with Crippen LogP contribution in [0.5, 0.6) is 11.5 Å². The fourth-order valence-electron chi connectivity index (χ4n) is 3.82. The highest BCUT2D eigenvalue weighted by molar-refractivity contribution is 6.31. The molecule has 1 saturated heterocycles. The molecule has 0 aliphatic carbocycles. The van der Waals surface area contributed by atoms with Gasteiger partial charge in [-0.3, -0.25) is 9.69 Å². The fourth-order valence-corrected chi connectivity index (χ4v) is 4.11. The summed E-state index contributed by atoms with van der Waals surface area (Å²) in [5.41, 5.74) is 1.18. The van der Waals surface area contributed by atoms with Crippen molar-refractivity contribution in [3.63, 3.8) is 0 Å². The molecule has 2 unspecified atom stereocenters. The monoisotopic (exact) mass is 450 g/mol.